The molecule has 1 fully saturated rings. The van der Waals surface area contributed by atoms with Gasteiger partial charge in [0.05, 0.1) is 0 Å². The third kappa shape index (κ3) is 3.54. The quantitative estimate of drug-likeness (QED) is 0.799. The lowest BCUT2D eigenvalue weighted by Gasteiger charge is -2.35. The first kappa shape index (κ1) is 14.0. The second-order valence-electron chi connectivity index (χ2n) is 5.26. The first-order valence-corrected chi connectivity index (χ1v) is 6.89. The summed E-state index contributed by atoms with van der Waals surface area (Å²) in [6.07, 6.45) is 0. The van der Waals surface area contributed by atoms with Gasteiger partial charge in [-0.3, -0.25) is 9.69 Å². The van der Waals surface area contributed by atoms with Crippen LogP contribution < -0.4 is 16.2 Å². The molecule has 1 aromatic heterocycles. The number of piperazine rings is 1. The van der Waals surface area contributed by atoms with Gasteiger partial charge in [-0.25, -0.2) is 4.98 Å². The van der Waals surface area contributed by atoms with Crippen molar-refractivity contribution in [1.82, 2.24) is 14.9 Å². The van der Waals surface area contributed by atoms with Gasteiger partial charge in [0.1, 0.15) is 11.6 Å². The van der Waals surface area contributed by atoms with E-state index in [1.54, 1.807) is 6.07 Å². The summed E-state index contributed by atoms with van der Waals surface area (Å²) in [5.41, 5.74) is 5.49. The van der Waals surface area contributed by atoms with Crippen molar-refractivity contribution in [3.8, 4) is 0 Å². The number of nitrogens with one attached hydrogen (secondary N) is 1. The summed E-state index contributed by atoms with van der Waals surface area (Å²) in [7, 11) is 0. The molecule has 0 saturated carbocycles. The van der Waals surface area contributed by atoms with Gasteiger partial charge in [-0.1, -0.05) is 13.8 Å². The van der Waals surface area contributed by atoms with Gasteiger partial charge in [0.2, 0.25) is 0 Å². The fraction of sp³-hybridized carbons (Fsp3) is 0.692. The highest BCUT2D eigenvalue weighted by Crippen LogP contribution is 2.14. The van der Waals surface area contributed by atoms with Gasteiger partial charge in [-0.15, -0.1) is 0 Å². The van der Waals surface area contributed by atoms with Crippen LogP contribution in [0.3, 0.4) is 0 Å². The lowest BCUT2D eigenvalue weighted by molar-refractivity contribution is 0.264. The first-order chi connectivity index (χ1) is 9.10. The Hall–Kier alpha value is -1.40. The van der Waals surface area contributed by atoms with Crippen LogP contribution in [0.15, 0.2) is 10.9 Å². The lowest BCUT2D eigenvalue weighted by atomic mass is 10.2. The van der Waals surface area contributed by atoms with Crippen LogP contribution >= 0.6 is 0 Å². The maximum atomic E-state index is 11.7. The van der Waals surface area contributed by atoms with Crippen molar-refractivity contribution in [1.29, 1.82) is 0 Å². The third-order valence-electron chi connectivity index (χ3n) is 3.43. The normalized spacial score (nSPS) is 17.2. The average molecular weight is 265 g/mol. The van der Waals surface area contributed by atoms with E-state index in [1.165, 1.54) is 0 Å². The lowest BCUT2D eigenvalue weighted by Crippen LogP contribution is -2.48. The Kier molecular flexibility index (Phi) is 4.55. The molecule has 0 spiro atoms. The minimum absolute atomic E-state index is 0.0712. The smallest absolute Gasteiger partial charge is 0.252 e. The standard InChI is InChI=1S/C13H23N5O/c1-10(2)13-15-11(9-12(19)16-13)18-7-5-17(4-3-14)6-8-18/h9-10H,3-8,14H2,1-2H3,(H,15,16,19). The van der Waals surface area contributed by atoms with Gasteiger partial charge in [0, 0.05) is 51.3 Å². The molecule has 0 bridgehead atoms. The van der Waals surface area contributed by atoms with Gasteiger partial charge >= 0.3 is 0 Å². The number of aromatic nitrogens is 2. The van der Waals surface area contributed by atoms with E-state index < -0.39 is 0 Å². The molecule has 0 aromatic carbocycles. The molecule has 0 atom stereocenters. The molecule has 1 saturated heterocycles. The number of hydrogen-bond acceptors (Lipinski definition) is 5. The van der Waals surface area contributed by atoms with E-state index in [0.29, 0.717) is 6.54 Å². The number of anilines is 1. The predicted molar refractivity (Wildman–Crippen MR) is 76.7 cm³/mol. The Morgan fingerprint density at radius 3 is 2.63 bits per heavy atom. The van der Waals surface area contributed by atoms with E-state index in [2.05, 4.69) is 19.8 Å². The van der Waals surface area contributed by atoms with Crippen molar-refractivity contribution in [2.24, 2.45) is 5.73 Å². The first-order valence-electron chi connectivity index (χ1n) is 6.89. The summed E-state index contributed by atoms with van der Waals surface area (Å²) in [6, 6.07) is 1.59. The van der Waals surface area contributed by atoms with Crippen LogP contribution in [0.1, 0.15) is 25.6 Å². The summed E-state index contributed by atoms with van der Waals surface area (Å²) >= 11 is 0. The molecule has 6 heteroatoms. The van der Waals surface area contributed by atoms with Crippen molar-refractivity contribution < 1.29 is 0 Å². The number of H-pyrrole nitrogens is 1. The van der Waals surface area contributed by atoms with Gasteiger partial charge in [0.15, 0.2) is 0 Å². The zero-order valence-electron chi connectivity index (χ0n) is 11.7. The number of hydrogen-bond donors (Lipinski definition) is 2. The van der Waals surface area contributed by atoms with E-state index in [9.17, 15) is 4.79 Å². The number of rotatable bonds is 4. The monoisotopic (exact) mass is 265 g/mol. The highest BCUT2D eigenvalue weighted by Gasteiger charge is 2.18. The van der Waals surface area contributed by atoms with E-state index in [-0.39, 0.29) is 11.5 Å². The van der Waals surface area contributed by atoms with Crippen LogP contribution in [0.2, 0.25) is 0 Å². The zero-order chi connectivity index (χ0) is 13.8. The van der Waals surface area contributed by atoms with Crippen LogP contribution in [0.25, 0.3) is 0 Å². The van der Waals surface area contributed by atoms with E-state index in [0.717, 1.165) is 44.4 Å². The fourth-order valence-electron chi connectivity index (χ4n) is 2.28. The Labute approximate surface area is 113 Å². The Bertz CT molecular complexity index is 462. The van der Waals surface area contributed by atoms with Crippen molar-refractivity contribution in [3.63, 3.8) is 0 Å². The Morgan fingerprint density at radius 2 is 2.05 bits per heavy atom. The minimum Gasteiger partial charge on any atom is -0.354 e. The number of nitrogens with two attached hydrogens (primary N) is 1. The maximum absolute atomic E-state index is 11.7. The molecular formula is C13H23N5O. The summed E-state index contributed by atoms with van der Waals surface area (Å²) in [4.78, 5) is 23.5. The Morgan fingerprint density at radius 1 is 1.37 bits per heavy atom. The third-order valence-corrected chi connectivity index (χ3v) is 3.43. The molecule has 1 aromatic rings. The summed E-state index contributed by atoms with van der Waals surface area (Å²) in [5, 5.41) is 0. The van der Waals surface area contributed by atoms with E-state index >= 15 is 0 Å². The SMILES string of the molecule is CC(C)c1nc(N2CCN(CCN)CC2)cc(=O)[nH]1. The number of aromatic amines is 1. The van der Waals surface area contributed by atoms with Crippen molar-refractivity contribution in [2.75, 3.05) is 44.2 Å². The predicted octanol–water partition coefficient (Wildman–Crippen LogP) is -0.0260. The van der Waals surface area contributed by atoms with Gasteiger partial charge < -0.3 is 15.6 Å². The molecule has 0 unspecified atom stereocenters. The molecule has 0 amide bonds. The molecule has 1 aliphatic rings. The van der Waals surface area contributed by atoms with Crippen LogP contribution in [0.4, 0.5) is 5.82 Å². The fourth-order valence-corrected chi connectivity index (χ4v) is 2.28. The highest BCUT2D eigenvalue weighted by molar-refractivity contribution is 5.38. The van der Waals surface area contributed by atoms with Crippen molar-refractivity contribution >= 4 is 5.82 Å². The molecule has 2 rings (SSSR count). The minimum atomic E-state index is -0.0712. The van der Waals surface area contributed by atoms with Crippen LogP contribution in [-0.2, 0) is 0 Å². The molecule has 1 aliphatic heterocycles. The van der Waals surface area contributed by atoms with E-state index in [1.807, 2.05) is 13.8 Å². The second-order valence-corrected chi connectivity index (χ2v) is 5.26. The van der Waals surface area contributed by atoms with Crippen LogP contribution in [-0.4, -0.2) is 54.1 Å². The van der Waals surface area contributed by atoms with Crippen molar-refractivity contribution in [2.45, 2.75) is 19.8 Å². The molecule has 3 N–H and O–H groups in total. The molecule has 2 heterocycles. The topological polar surface area (TPSA) is 78.2 Å². The molecule has 0 radical (unpaired) electrons. The summed E-state index contributed by atoms with van der Waals surface area (Å²) < 4.78 is 0. The van der Waals surface area contributed by atoms with Crippen LogP contribution in [0.5, 0.6) is 0 Å². The summed E-state index contributed by atoms with van der Waals surface area (Å²) in [6.45, 7) is 9.43. The molecule has 19 heavy (non-hydrogen) atoms. The van der Waals surface area contributed by atoms with Gasteiger partial charge in [-0.05, 0) is 0 Å². The van der Waals surface area contributed by atoms with E-state index in [4.69, 9.17) is 5.73 Å². The zero-order valence-corrected chi connectivity index (χ0v) is 11.7. The van der Waals surface area contributed by atoms with Crippen molar-refractivity contribution in [3.05, 3.63) is 22.2 Å². The highest BCUT2D eigenvalue weighted by atomic mass is 16.1. The van der Waals surface area contributed by atoms with Gasteiger partial charge in [-0.2, -0.15) is 0 Å². The Balaban J connectivity index is 2.09. The molecular weight excluding hydrogens is 242 g/mol. The number of nitrogens with zero attached hydrogens (tertiary/aromatic N) is 3. The molecule has 0 aliphatic carbocycles. The maximum Gasteiger partial charge on any atom is 0.252 e. The van der Waals surface area contributed by atoms with Gasteiger partial charge in [0.25, 0.3) is 5.56 Å². The van der Waals surface area contributed by atoms with Crippen LogP contribution in [0, 0.1) is 0 Å². The molecule has 6 nitrogen and oxygen atoms in total. The second kappa shape index (κ2) is 6.16. The molecule has 106 valence electrons. The largest absolute Gasteiger partial charge is 0.354 e. The average Bonchev–Trinajstić information content (AvgIpc) is 2.39. The summed E-state index contributed by atoms with van der Waals surface area (Å²) in [5.74, 6) is 1.78.